The lowest BCUT2D eigenvalue weighted by Crippen LogP contribution is -2.41. The maximum Gasteiger partial charge on any atom is 0.191 e. The van der Waals surface area contributed by atoms with Crippen LogP contribution in [0.1, 0.15) is 33.6 Å². The molecular weight excluding hydrogens is 236 g/mol. The van der Waals surface area contributed by atoms with Gasteiger partial charge in [0.1, 0.15) is 0 Å². The zero-order chi connectivity index (χ0) is 13.9. The minimum Gasteiger partial charge on any atom is -0.417 e. The van der Waals surface area contributed by atoms with Gasteiger partial charge in [-0.05, 0) is 31.0 Å². The lowest BCUT2D eigenvalue weighted by molar-refractivity contribution is 0.221. The maximum atomic E-state index is 8.60. The maximum absolute atomic E-state index is 8.60. The van der Waals surface area contributed by atoms with Crippen molar-refractivity contribution in [3.05, 3.63) is 0 Å². The van der Waals surface area contributed by atoms with E-state index in [9.17, 15) is 0 Å². The molecule has 0 spiro atoms. The summed E-state index contributed by atoms with van der Waals surface area (Å²) in [5.41, 5.74) is 0. The Bertz CT molecular complexity index is 164. The van der Waals surface area contributed by atoms with Crippen LogP contribution in [0.2, 0.25) is 18.1 Å². The van der Waals surface area contributed by atoms with Gasteiger partial charge in [0.15, 0.2) is 8.32 Å². The van der Waals surface area contributed by atoms with Crippen molar-refractivity contribution in [1.29, 1.82) is 0 Å². The summed E-state index contributed by atoms with van der Waals surface area (Å²) >= 11 is 0. The number of hydrogen-bond acceptors (Lipinski definition) is 4. The fourth-order valence-electron chi connectivity index (χ4n) is 0.679. The van der Waals surface area contributed by atoms with E-state index in [4.69, 9.17) is 19.7 Å². The molecule has 0 saturated heterocycles. The molecule has 17 heavy (non-hydrogen) atoms. The number of aliphatic hydroxyl groups excluding tert-OH is 3. The lowest BCUT2D eigenvalue weighted by atomic mass is 10.2. The summed E-state index contributed by atoms with van der Waals surface area (Å²) in [5, 5.41) is 24.7. The second-order valence-corrected chi connectivity index (χ2v) is 10.3. The molecule has 0 unspecified atom stereocenters. The molecule has 3 N–H and O–H groups in total. The predicted octanol–water partition coefficient (Wildman–Crippen LogP) is 1.75. The Hall–Kier alpha value is 0.0569. The highest BCUT2D eigenvalue weighted by atomic mass is 28.4. The van der Waals surface area contributed by atoms with Crippen LogP contribution in [-0.2, 0) is 4.43 Å². The molecule has 0 atom stereocenters. The zero-order valence-electron chi connectivity index (χ0n) is 12.0. The van der Waals surface area contributed by atoms with E-state index >= 15 is 0 Å². The van der Waals surface area contributed by atoms with Crippen LogP contribution in [0.25, 0.3) is 0 Å². The van der Waals surface area contributed by atoms with Gasteiger partial charge in [-0.3, -0.25) is 0 Å². The molecule has 106 valence electrons. The third-order valence-corrected chi connectivity index (χ3v) is 7.43. The molecule has 0 aromatic heterocycles. The van der Waals surface area contributed by atoms with Crippen molar-refractivity contribution in [2.75, 3.05) is 26.4 Å². The number of rotatable bonds is 6. The molecule has 0 aliphatic heterocycles. The summed E-state index contributed by atoms with van der Waals surface area (Å²) in [6, 6.07) is 0. The van der Waals surface area contributed by atoms with Crippen LogP contribution in [0.4, 0.5) is 0 Å². The smallest absolute Gasteiger partial charge is 0.191 e. The molecule has 0 aliphatic rings. The fourth-order valence-corrected chi connectivity index (χ4v) is 1.77. The van der Waals surface area contributed by atoms with Gasteiger partial charge in [0.2, 0.25) is 0 Å². The minimum absolute atomic E-state index is 0.0938. The van der Waals surface area contributed by atoms with Gasteiger partial charge >= 0.3 is 0 Å². The molecule has 0 saturated carbocycles. The highest BCUT2D eigenvalue weighted by Crippen LogP contribution is 2.36. The summed E-state index contributed by atoms with van der Waals surface area (Å²) in [7, 11) is -1.55. The van der Waals surface area contributed by atoms with E-state index in [0.717, 1.165) is 6.42 Å². The summed E-state index contributed by atoms with van der Waals surface area (Å²) in [6.45, 7) is 12.2. The molecule has 0 aliphatic carbocycles. The van der Waals surface area contributed by atoms with Crippen molar-refractivity contribution >= 4 is 8.32 Å². The average molecular weight is 266 g/mol. The number of aliphatic hydroxyl groups is 3. The van der Waals surface area contributed by atoms with Gasteiger partial charge in [0, 0.05) is 26.4 Å². The van der Waals surface area contributed by atoms with Gasteiger partial charge in [-0.15, -0.1) is 0 Å². The highest BCUT2D eigenvalue weighted by molar-refractivity contribution is 6.74. The summed E-state index contributed by atoms with van der Waals surface area (Å²) in [5.74, 6) is 0. The predicted molar refractivity (Wildman–Crippen MR) is 73.6 cm³/mol. The quantitative estimate of drug-likeness (QED) is 0.506. The SMILES string of the molecule is CC(C)(C)[Si](C)(C)OCCCO.OCCCO. The largest absolute Gasteiger partial charge is 0.417 e. The van der Waals surface area contributed by atoms with E-state index in [1.807, 2.05) is 0 Å². The van der Waals surface area contributed by atoms with E-state index in [0.29, 0.717) is 13.0 Å². The Morgan fingerprint density at radius 3 is 1.53 bits per heavy atom. The van der Waals surface area contributed by atoms with Crippen molar-refractivity contribution in [2.24, 2.45) is 0 Å². The Morgan fingerprint density at radius 1 is 0.882 bits per heavy atom. The Morgan fingerprint density at radius 2 is 1.29 bits per heavy atom. The Balaban J connectivity index is 0. The molecule has 4 nitrogen and oxygen atoms in total. The van der Waals surface area contributed by atoms with Gasteiger partial charge in [0.05, 0.1) is 0 Å². The summed E-state index contributed by atoms with van der Waals surface area (Å²) < 4.78 is 5.81. The number of hydrogen-bond donors (Lipinski definition) is 3. The van der Waals surface area contributed by atoms with E-state index in [-0.39, 0.29) is 24.9 Å². The van der Waals surface area contributed by atoms with E-state index in [2.05, 4.69) is 33.9 Å². The molecule has 0 bridgehead atoms. The van der Waals surface area contributed by atoms with Crippen LogP contribution < -0.4 is 0 Å². The van der Waals surface area contributed by atoms with Crippen molar-refractivity contribution < 1.29 is 19.7 Å². The first-order valence-corrected chi connectivity index (χ1v) is 9.10. The molecule has 0 fully saturated rings. The van der Waals surface area contributed by atoms with Crippen molar-refractivity contribution in [3.8, 4) is 0 Å². The standard InChI is InChI=1S/C9H22O2Si.C3H8O2/c1-9(2,3)12(4,5)11-8-6-7-10;4-2-1-3-5/h10H,6-8H2,1-5H3;4-5H,1-3H2. The molecule has 0 radical (unpaired) electrons. The summed E-state index contributed by atoms with van der Waals surface area (Å²) in [6.07, 6.45) is 1.26. The van der Waals surface area contributed by atoms with Crippen LogP contribution in [0.3, 0.4) is 0 Å². The van der Waals surface area contributed by atoms with Crippen LogP contribution in [0.5, 0.6) is 0 Å². The van der Waals surface area contributed by atoms with E-state index < -0.39 is 8.32 Å². The monoisotopic (exact) mass is 266 g/mol. The van der Waals surface area contributed by atoms with Crippen molar-refractivity contribution in [2.45, 2.75) is 51.7 Å². The van der Waals surface area contributed by atoms with Crippen LogP contribution in [0, 0.1) is 0 Å². The second-order valence-electron chi connectivity index (χ2n) is 5.49. The Kier molecular flexibility index (Phi) is 11.4. The molecule has 0 heterocycles. The van der Waals surface area contributed by atoms with Gasteiger partial charge in [-0.1, -0.05) is 20.8 Å². The molecule has 0 rings (SSSR count). The topological polar surface area (TPSA) is 69.9 Å². The average Bonchev–Trinajstić information content (AvgIpc) is 2.18. The lowest BCUT2D eigenvalue weighted by Gasteiger charge is -2.36. The first kappa shape index (κ1) is 19.4. The van der Waals surface area contributed by atoms with Gasteiger partial charge in [-0.25, -0.2) is 0 Å². The molecule has 0 aromatic carbocycles. The third kappa shape index (κ3) is 10.9. The zero-order valence-corrected chi connectivity index (χ0v) is 13.0. The highest BCUT2D eigenvalue weighted by Gasteiger charge is 2.36. The van der Waals surface area contributed by atoms with Gasteiger partial charge in [0.25, 0.3) is 0 Å². The van der Waals surface area contributed by atoms with E-state index in [1.165, 1.54) is 0 Å². The van der Waals surface area contributed by atoms with Crippen molar-refractivity contribution in [1.82, 2.24) is 0 Å². The third-order valence-electron chi connectivity index (χ3n) is 2.89. The van der Waals surface area contributed by atoms with Crippen molar-refractivity contribution in [3.63, 3.8) is 0 Å². The normalized spacial score (nSPS) is 12.0. The molecule has 0 aromatic rings. The summed E-state index contributed by atoms with van der Waals surface area (Å²) in [4.78, 5) is 0. The van der Waals surface area contributed by atoms with Crippen LogP contribution in [-0.4, -0.2) is 50.1 Å². The Labute approximate surface area is 107 Å². The first-order chi connectivity index (χ1) is 7.72. The van der Waals surface area contributed by atoms with E-state index in [1.54, 1.807) is 0 Å². The van der Waals surface area contributed by atoms with Crippen LogP contribution >= 0.6 is 0 Å². The van der Waals surface area contributed by atoms with Gasteiger partial charge < -0.3 is 19.7 Å². The molecule has 5 heteroatoms. The minimum atomic E-state index is -1.55. The first-order valence-electron chi connectivity index (χ1n) is 6.19. The van der Waals surface area contributed by atoms with Crippen LogP contribution in [0.15, 0.2) is 0 Å². The second kappa shape index (κ2) is 10.0. The molecular formula is C12H30O4Si. The molecule has 0 amide bonds. The fraction of sp³-hybridized carbons (Fsp3) is 1.00. The van der Waals surface area contributed by atoms with Gasteiger partial charge in [-0.2, -0.15) is 0 Å².